The van der Waals surface area contributed by atoms with Crippen LogP contribution < -0.4 is 5.32 Å². The van der Waals surface area contributed by atoms with Crippen LogP contribution in [0.4, 0.5) is 9.18 Å². The molecule has 180 valence electrons. The van der Waals surface area contributed by atoms with E-state index in [1.54, 1.807) is 24.0 Å². The number of halogens is 1. The Hall–Kier alpha value is -2.94. The first-order valence-electron chi connectivity index (χ1n) is 11.6. The van der Waals surface area contributed by atoms with Crippen molar-refractivity contribution >= 4 is 17.9 Å². The second kappa shape index (κ2) is 10.8. The quantitative estimate of drug-likeness (QED) is 0.633. The molecule has 3 amide bonds. The van der Waals surface area contributed by atoms with Crippen molar-refractivity contribution < 1.29 is 23.5 Å². The summed E-state index contributed by atoms with van der Waals surface area (Å²) >= 11 is 0. The average Bonchev–Trinajstić information content (AvgIpc) is 2.79. The molecule has 0 aromatic heterocycles. The van der Waals surface area contributed by atoms with E-state index in [1.165, 1.54) is 12.1 Å². The first-order valence-corrected chi connectivity index (χ1v) is 11.6. The smallest absolute Gasteiger partial charge is 0.338 e. The third-order valence-corrected chi connectivity index (χ3v) is 6.16. The van der Waals surface area contributed by atoms with Crippen molar-refractivity contribution in [1.82, 2.24) is 20.0 Å². The molecule has 0 unspecified atom stereocenters. The minimum atomic E-state index is -0.740. The number of rotatable bonds is 7. The van der Waals surface area contributed by atoms with Gasteiger partial charge in [-0.15, -0.1) is 0 Å². The molecule has 33 heavy (non-hydrogen) atoms. The maximum absolute atomic E-state index is 13.5. The summed E-state index contributed by atoms with van der Waals surface area (Å²) in [6, 6.07) is 4.71. The number of carbonyl (C=O) groups excluding carboxylic acids is 3. The Kier molecular flexibility index (Phi) is 8.07. The van der Waals surface area contributed by atoms with Crippen LogP contribution in [0.2, 0.25) is 0 Å². The van der Waals surface area contributed by atoms with Crippen LogP contribution in [0, 0.1) is 5.82 Å². The molecule has 3 rings (SSSR count). The van der Waals surface area contributed by atoms with Crippen molar-refractivity contribution in [3.05, 3.63) is 46.9 Å². The number of ether oxygens (including phenoxy) is 1. The van der Waals surface area contributed by atoms with Crippen LogP contribution >= 0.6 is 0 Å². The van der Waals surface area contributed by atoms with E-state index in [9.17, 15) is 18.8 Å². The Balaban J connectivity index is 1.98. The van der Waals surface area contributed by atoms with Crippen LogP contribution in [-0.4, -0.2) is 78.0 Å². The zero-order chi connectivity index (χ0) is 24.1. The maximum atomic E-state index is 13.5. The highest BCUT2D eigenvalue weighted by Gasteiger charge is 2.39. The molecule has 1 aromatic rings. The number of piperazine rings is 1. The summed E-state index contributed by atoms with van der Waals surface area (Å²) < 4.78 is 18.9. The molecule has 2 aliphatic rings. The van der Waals surface area contributed by atoms with E-state index in [-0.39, 0.29) is 24.6 Å². The zero-order valence-electron chi connectivity index (χ0n) is 19.8. The molecular weight excluding hydrogens is 427 g/mol. The second-order valence-corrected chi connectivity index (χ2v) is 8.28. The lowest BCUT2D eigenvalue weighted by Gasteiger charge is -2.43. The fourth-order valence-corrected chi connectivity index (χ4v) is 4.52. The van der Waals surface area contributed by atoms with E-state index in [0.717, 1.165) is 0 Å². The third kappa shape index (κ3) is 5.35. The lowest BCUT2D eigenvalue weighted by atomic mass is 9.94. The highest BCUT2D eigenvalue weighted by atomic mass is 19.1. The molecule has 0 radical (unpaired) electrons. The van der Waals surface area contributed by atoms with Gasteiger partial charge in [0.25, 0.3) is 0 Å². The van der Waals surface area contributed by atoms with Gasteiger partial charge >= 0.3 is 12.0 Å². The monoisotopic (exact) mass is 460 g/mol. The molecule has 0 spiro atoms. The summed E-state index contributed by atoms with van der Waals surface area (Å²) in [6.07, 6.45) is 0.464. The Bertz CT molecular complexity index is 918. The topological polar surface area (TPSA) is 82.2 Å². The molecule has 9 heteroatoms. The molecule has 1 fully saturated rings. The summed E-state index contributed by atoms with van der Waals surface area (Å²) in [5.41, 5.74) is 1.54. The third-order valence-electron chi connectivity index (χ3n) is 6.16. The fraction of sp³-hybridized carbons (Fsp3) is 0.542. The highest BCUT2D eigenvalue weighted by molar-refractivity contribution is 5.95. The Morgan fingerprint density at radius 2 is 1.85 bits per heavy atom. The van der Waals surface area contributed by atoms with Crippen LogP contribution in [0.15, 0.2) is 35.5 Å². The van der Waals surface area contributed by atoms with Crippen LogP contribution in [0.5, 0.6) is 0 Å². The van der Waals surface area contributed by atoms with Crippen molar-refractivity contribution in [2.45, 2.75) is 46.2 Å². The molecule has 0 bridgehead atoms. The Morgan fingerprint density at radius 3 is 2.42 bits per heavy atom. The molecule has 1 saturated heterocycles. The summed E-state index contributed by atoms with van der Waals surface area (Å²) in [4.78, 5) is 43.9. The predicted octanol–water partition coefficient (Wildman–Crippen LogP) is 2.67. The van der Waals surface area contributed by atoms with Gasteiger partial charge in [-0.2, -0.15) is 0 Å². The van der Waals surface area contributed by atoms with Gasteiger partial charge in [-0.3, -0.25) is 14.6 Å². The molecule has 2 heterocycles. The Labute approximate surface area is 194 Å². The van der Waals surface area contributed by atoms with Crippen molar-refractivity contribution in [1.29, 1.82) is 0 Å². The summed E-state index contributed by atoms with van der Waals surface area (Å²) in [5.74, 6) is -0.781. The van der Waals surface area contributed by atoms with Gasteiger partial charge in [0.1, 0.15) is 5.82 Å². The number of hydrogen-bond acceptors (Lipinski definition) is 5. The van der Waals surface area contributed by atoms with Gasteiger partial charge in [0.2, 0.25) is 5.91 Å². The van der Waals surface area contributed by atoms with E-state index >= 15 is 0 Å². The molecular formula is C24H33FN4O4. The van der Waals surface area contributed by atoms with Gasteiger partial charge in [0, 0.05) is 50.9 Å². The average molecular weight is 461 g/mol. The normalized spacial score (nSPS) is 21.8. The fourth-order valence-electron chi connectivity index (χ4n) is 4.52. The van der Waals surface area contributed by atoms with E-state index in [4.69, 9.17) is 4.74 Å². The van der Waals surface area contributed by atoms with E-state index in [0.29, 0.717) is 56.0 Å². The number of urea groups is 1. The first-order chi connectivity index (χ1) is 15.8. The van der Waals surface area contributed by atoms with Crippen LogP contribution in [0.25, 0.3) is 0 Å². The number of esters is 1. The van der Waals surface area contributed by atoms with Crippen LogP contribution in [0.1, 0.15) is 45.7 Å². The number of nitrogens with one attached hydrogen (secondary N) is 1. The number of benzene rings is 1. The van der Waals surface area contributed by atoms with Gasteiger partial charge in [0.05, 0.1) is 18.2 Å². The number of amides is 3. The number of nitrogens with zero attached hydrogens (tertiary/aromatic N) is 3. The number of likely N-dealkylation sites (N-methyl/N-ethyl adjacent to an activating group) is 1. The van der Waals surface area contributed by atoms with Crippen molar-refractivity contribution in [2.75, 3.05) is 39.3 Å². The van der Waals surface area contributed by atoms with E-state index in [1.807, 2.05) is 25.7 Å². The molecule has 0 saturated carbocycles. The predicted molar refractivity (Wildman–Crippen MR) is 122 cm³/mol. The van der Waals surface area contributed by atoms with Crippen molar-refractivity contribution in [3.8, 4) is 0 Å². The number of hydrogen-bond donors (Lipinski definition) is 1. The summed E-state index contributed by atoms with van der Waals surface area (Å²) in [7, 11) is 0. The minimum Gasteiger partial charge on any atom is -0.463 e. The van der Waals surface area contributed by atoms with E-state index in [2.05, 4.69) is 10.2 Å². The Morgan fingerprint density at radius 1 is 1.15 bits per heavy atom. The molecule has 2 aliphatic heterocycles. The van der Waals surface area contributed by atoms with Crippen molar-refractivity contribution in [3.63, 3.8) is 0 Å². The largest absolute Gasteiger partial charge is 0.463 e. The minimum absolute atomic E-state index is 0.0261. The molecule has 1 N–H and O–H groups in total. The first kappa shape index (κ1) is 24.7. The van der Waals surface area contributed by atoms with E-state index < -0.39 is 17.8 Å². The summed E-state index contributed by atoms with van der Waals surface area (Å²) in [6.45, 7) is 10.2. The lowest BCUT2D eigenvalue weighted by molar-refractivity contribution is -0.139. The highest BCUT2D eigenvalue weighted by Crippen LogP contribution is 2.32. The van der Waals surface area contributed by atoms with Crippen LogP contribution in [-0.2, 0) is 14.3 Å². The molecule has 2 atom stereocenters. The summed E-state index contributed by atoms with van der Waals surface area (Å²) in [5, 5.41) is 2.88. The molecule has 0 aliphatic carbocycles. The van der Waals surface area contributed by atoms with Gasteiger partial charge in [-0.05, 0) is 38.5 Å². The standard InChI is InChI=1S/C24H33FN4O4/c1-5-20(30)29-13-12-27(14-16(29)4)15-19-21(23(31)33-7-3)22(26-24(32)28(19)6-2)17-8-10-18(25)11-9-17/h8-11,16,22H,5-7,12-15H2,1-4H3,(H,26,32)/t16-,22+/m0/s1. The number of carbonyl (C=O) groups is 3. The van der Waals surface area contributed by atoms with Gasteiger partial charge in [-0.1, -0.05) is 19.1 Å². The SMILES string of the molecule is CCOC(=O)C1=C(CN2CCN(C(=O)CC)[C@@H](C)C2)N(CC)C(=O)N[C@@H]1c1ccc(F)cc1. The van der Waals surface area contributed by atoms with Crippen molar-refractivity contribution in [2.24, 2.45) is 0 Å². The second-order valence-electron chi connectivity index (χ2n) is 8.28. The van der Waals surface area contributed by atoms with Gasteiger partial charge < -0.3 is 15.0 Å². The van der Waals surface area contributed by atoms with Gasteiger partial charge in [0.15, 0.2) is 0 Å². The van der Waals surface area contributed by atoms with Crippen LogP contribution in [0.3, 0.4) is 0 Å². The molecule has 1 aromatic carbocycles. The maximum Gasteiger partial charge on any atom is 0.338 e. The molecule has 8 nitrogen and oxygen atoms in total. The van der Waals surface area contributed by atoms with Gasteiger partial charge in [-0.25, -0.2) is 14.0 Å². The lowest BCUT2D eigenvalue weighted by Crippen LogP contribution is -2.56. The zero-order valence-corrected chi connectivity index (χ0v) is 19.8.